The summed E-state index contributed by atoms with van der Waals surface area (Å²) in [5.74, 6) is -0.263. The smallest absolute Gasteiger partial charge is 0.242 e. The molecule has 0 radical (unpaired) electrons. The zero-order valence-electron chi connectivity index (χ0n) is 17.0. The average molecular weight is 471 g/mol. The second-order valence-electron chi connectivity index (χ2n) is 6.81. The molecule has 0 saturated heterocycles. The summed E-state index contributed by atoms with van der Waals surface area (Å²) in [7, 11) is 0. The van der Waals surface area contributed by atoms with E-state index < -0.39 is 6.04 Å². The molecule has 162 valence electrons. The number of halogens is 3. The molecule has 1 N–H and O–H groups in total. The summed E-state index contributed by atoms with van der Waals surface area (Å²) in [5.41, 5.74) is 1.24. The quantitative estimate of drug-likeness (QED) is 0.511. The molecule has 0 heterocycles. The van der Waals surface area contributed by atoms with Gasteiger partial charge in [0.25, 0.3) is 0 Å². The topological polar surface area (TPSA) is 49.4 Å². The molecule has 30 heavy (non-hydrogen) atoms. The molecule has 0 aliphatic carbocycles. The molecule has 0 aromatic heterocycles. The minimum atomic E-state index is -0.676. The largest absolute Gasteiger partial charge is 0.354 e. The molecule has 0 saturated carbocycles. The predicted octanol–water partition coefficient (Wildman–Crippen LogP) is 5.31. The van der Waals surface area contributed by atoms with E-state index in [9.17, 15) is 14.0 Å². The van der Waals surface area contributed by atoms with Gasteiger partial charge in [-0.1, -0.05) is 54.4 Å². The Morgan fingerprint density at radius 1 is 1.17 bits per heavy atom. The number of nitrogens with one attached hydrogen (secondary N) is 1. The van der Waals surface area contributed by atoms with Gasteiger partial charge in [0, 0.05) is 28.9 Å². The first-order valence-electron chi connectivity index (χ1n) is 9.65. The van der Waals surface area contributed by atoms with Crippen molar-refractivity contribution in [3.05, 3.63) is 69.5 Å². The van der Waals surface area contributed by atoms with Gasteiger partial charge in [0.1, 0.15) is 11.9 Å². The molecular formula is C22H25Cl2FN2O2S. The molecule has 2 amide bonds. The highest BCUT2D eigenvalue weighted by molar-refractivity contribution is 7.99. The average Bonchev–Trinajstić information content (AvgIpc) is 2.72. The lowest BCUT2D eigenvalue weighted by Crippen LogP contribution is -2.48. The van der Waals surface area contributed by atoms with Crippen LogP contribution in [0, 0.1) is 5.82 Å². The van der Waals surface area contributed by atoms with Gasteiger partial charge in [-0.15, -0.1) is 11.8 Å². The van der Waals surface area contributed by atoms with E-state index in [1.165, 1.54) is 22.7 Å². The van der Waals surface area contributed by atoms with Gasteiger partial charge in [0.2, 0.25) is 11.8 Å². The SMILES string of the molecule is CCCNC(=O)[C@@H](C)N(Cc1ccc(Cl)cc1Cl)C(=O)CSCc1ccccc1F. The van der Waals surface area contributed by atoms with Crippen molar-refractivity contribution >= 4 is 46.8 Å². The molecule has 0 aliphatic heterocycles. The van der Waals surface area contributed by atoms with Crippen molar-refractivity contribution in [1.82, 2.24) is 10.2 Å². The molecule has 2 aromatic carbocycles. The van der Waals surface area contributed by atoms with E-state index in [1.54, 1.807) is 43.3 Å². The first-order chi connectivity index (χ1) is 14.3. The van der Waals surface area contributed by atoms with Crippen molar-refractivity contribution < 1.29 is 14.0 Å². The maximum atomic E-state index is 13.8. The highest BCUT2D eigenvalue weighted by Gasteiger charge is 2.26. The number of carbonyl (C=O) groups excluding carboxylic acids is 2. The normalized spacial score (nSPS) is 11.8. The third-order valence-electron chi connectivity index (χ3n) is 4.51. The molecule has 0 fully saturated rings. The van der Waals surface area contributed by atoms with Crippen molar-refractivity contribution in [1.29, 1.82) is 0 Å². The molecule has 0 unspecified atom stereocenters. The molecule has 2 aromatic rings. The second-order valence-corrected chi connectivity index (χ2v) is 8.64. The number of rotatable bonds is 10. The highest BCUT2D eigenvalue weighted by atomic mass is 35.5. The lowest BCUT2D eigenvalue weighted by Gasteiger charge is -2.29. The Bertz CT molecular complexity index is 882. The van der Waals surface area contributed by atoms with E-state index in [2.05, 4.69) is 5.32 Å². The summed E-state index contributed by atoms with van der Waals surface area (Å²) in [5, 5.41) is 3.75. The number of carbonyl (C=O) groups is 2. The van der Waals surface area contributed by atoms with Crippen molar-refractivity contribution in [2.24, 2.45) is 0 Å². The van der Waals surface area contributed by atoms with Gasteiger partial charge in [-0.05, 0) is 42.7 Å². The minimum absolute atomic E-state index is 0.116. The van der Waals surface area contributed by atoms with Crippen LogP contribution in [-0.4, -0.2) is 35.1 Å². The van der Waals surface area contributed by atoms with Gasteiger partial charge < -0.3 is 10.2 Å². The zero-order chi connectivity index (χ0) is 22.1. The summed E-state index contributed by atoms with van der Waals surface area (Å²) < 4.78 is 13.8. The van der Waals surface area contributed by atoms with E-state index in [0.29, 0.717) is 33.5 Å². The maximum absolute atomic E-state index is 13.8. The van der Waals surface area contributed by atoms with E-state index in [4.69, 9.17) is 23.2 Å². The van der Waals surface area contributed by atoms with Crippen molar-refractivity contribution in [3.63, 3.8) is 0 Å². The number of hydrogen-bond donors (Lipinski definition) is 1. The number of thioether (sulfide) groups is 1. The summed E-state index contributed by atoms with van der Waals surface area (Å²) in [4.78, 5) is 27.0. The van der Waals surface area contributed by atoms with Crippen LogP contribution in [0.4, 0.5) is 4.39 Å². The minimum Gasteiger partial charge on any atom is -0.354 e. The van der Waals surface area contributed by atoms with Crippen LogP contribution >= 0.6 is 35.0 Å². The van der Waals surface area contributed by atoms with Crippen LogP contribution in [0.3, 0.4) is 0 Å². The van der Waals surface area contributed by atoms with Crippen LogP contribution in [0.1, 0.15) is 31.4 Å². The fraction of sp³-hybridized carbons (Fsp3) is 0.364. The summed E-state index contributed by atoms with van der Waals surface area (Å²) >= 11 is 13.5. The van der Waals surface area contributed by atoms with Crippen LogP contribution in [0.2, 0.25) is 10.0 Å². The van der Waals surface area contributed by atoms with Crippen molar-refractivity contribution in [2.45, 2.75) is 38.6 Å². The Morgan fingerprint density at radius 3 is 2.57 bits per heavy atom. The fourth-order valence-corrected chi connectivity index (χ4v) is 4.12. The lowest BCUT2D eigenvalue weighted by atomic mass is 10.1. The van der Waals surface area contributed by atoms with Crippen LogP contribution in [0.15, 0.2) is 42.5 Å². The first kappa shape index (κ1) is 24.5. The van der Waals surface area contributed by atoms with Crippen LogP contribution in [0.5, 0.6) is 0 Å². The second kappa shape index (κ2) is 12.2. The van der Waals surface area contributed by atoms with Gasteiger partial charge >= 0.3 is 0 Å². The standard InChI is InChI=1S/C22H25Cl2FN2O2S/c1-3-10-26-22(29)15(2)27(12-16-8-9-18(23)11-19(16)24)21(28)14-30-13-17-6-4-5-7-20(17)25/h4-9,11,15H,3,10,12-14H2,1-2H3,(H,26,29)/t15-/m1/s1. The molecule has 0 bridgehead atoms. The van der Waals surface area contributed by atoms with Crippen LogP contribution in [0.25, 0.3) is 0 Å². The molecular weight excluding hydrogens is 446 g/mol. The third-order valence-corrected chi connectivity index (χ3v) is 6.07. The van der Waals surface area contributed by atoms with E-state index >= 15 is 0 Å². The Labute approximate surface area is 191 Å². The highest BCUT2D eigenvalue weighted by Crippen LogP contribution is 2.24. The van der Waals surface area contributed by atoms with Gasteiger partial charge in [0.05, 0.1) is 5.75 Å². The van der Waals surface area contributed by atoms with E-state index in [0.717, 1.165) is 6.42 Å². The lowest BCUT2D eigenvalue weighted by molar-refractivity contribution is -0.138. The van der Waals surface area contributed by atoms with Crippen molar-refractivity contribution in [2.75, 3.05) is 12.3 Å². The van der Waals surface area contributed by atoms with Gasteiger partial charge in [-0.2, -0.15) is 0 Å². The first-order valence-corrected chi connectivity index (χ1v) is 11.6. The number of amides is 2. The van der Waals surface area contributed by atoms with Gasteiger partial charge in [0.15, 0.2) is 0 Å². The fourth-order valence-electron chi connectivity index (χ4n) is 2.76. The monoisotopic (exact) mass is 470 g/mol. The maximum Gasteiger partial charge on any atom is 0.242 e. The van der Waals surface area contributed by atoms with Gasteiger partial charge in [-0.3, -0.25) is 9.59 Å². The Hall–Kier alpha value is -1.76. The molecule has 4 nitrogen and oxygen atoms in total. The number of hydrogen-bond acceptors (Lipinski definition) is 3. The van der Waals surface area contributed by atoms with Crippen molar-refractivity contribution in [3.8, 4) is 0 Å². The Kier molecular flexibility index (Phi) is 9.95. The molecule has 2 rings (SSSR count). The molecule has 1 atom stereocenters. The Morgan fingerprint density at radius 2 is 1.90 bits per heavy atom. The number of nitrogens with zero attached hydrogens (tertiary/aromatic N) is 1. The molecule has 8 heteroatoms. The van der Waals surface area contributed by atoms with E-state index in [1.807, 2.05) is 6.92 Å². The van der Waals surface area contributed by atoms with Crippen LogP contribution < -0.4 is 5.32 Å². The van der Waals surface area contributed by atoms with E-state index in [-0.39, 0.29) is 29.9 Å². The predicted molar refractivity (Wildman–Crippen MR) is 122 cm³/mol. The zero-order valence-corrected chi connectivity index (χ0v) is 19.3. The summed E-state index contributed by atoms with van der Waals surface area (Å²) in [6.45, 7) is 4.36. The third kappa shape index (κ3) is 7.18. The van der Waals surface area contributed by atoms with Crippen LogP contribution in [-0.2, 0) is 21.9 Å². The summed E-state index contributed by atoms with van der Waals surface area (Å²) in [6, 6.07) is 10.8. The molecule has 0 aliphatic rings. The number of benzene rings is 2. The molecule has 0 spiro atoms. The summed E-state index contributed by atoms with van der Waals surface area (Å²) in [6.07, 6.45) is 0.800. The Balaban J connectivity index is 2.11. The van der Waals surface area contributed by atoms with Gasteiger partial charge in [-0.25, -0.2) is 4.39 Å².